The third-order valence-corrected chi connectivity index (χ3v) is 6.43. The summed E-state index contributed by atoms with van der Waals surface area (Å²) in [5, 5.41) is 3.35. The molecule has 1 aromatic heterocycles. The Morgan fingerprint density at radius 1 is 1.09 bits per heavy atom. The second-order valence-electron chi connectivity index (χ2n) is 7.94. The number of carbonyl (C=O) groups excluding carboxylic acids is 3. The van der Waals surface area contributed by atoms with E-state index in [0.717, 1.165) is 22.4 Å². The molecule has 170 valence electrons. The number of hydrogen-bond donors (Lipinski definition) is 1. The van der Waals surface area contributed by atoms with Crippen LogP contribution < -0.4 is 5.32 Å². The number of benzene rings is 2. The lowest BCUT2D eigenvalue weighted by atomic mass is 10.1. The molecule has 33 heavy (non-hydrogen) atoms. The molecule has 1 atom stereocenters. The summed E-state index contributed by atoms with van der Waals surface area (Å²) >= 11 is 1.40. The van der Waals surface area contributed by atoms with E-state index in [1.165, 1.54) is 16.2 Å². The first-order chi connectivity index (χ1) is 16.0. The van der Waals surface area contributed by atoms with Gasteiger partial charge in [0, 0.05) is 29.6 Å². The Bertz CT molecular complexity index is 1130. The van der Waals surface area contributed by atoms with E-state index in [1.54, 1.807) is 13.1 Å². The highest BCUT2D eigenvalue weighted by atomic mass is 32.1. The van der Waals surface area contributed by atoms with Crippen LogP contribution in [-0.4, -0.2) is 40.3 Å². The van der Waals surface area contributed by atoms with Crippen molar-refractivity contribution in [2.75, 3.05) is 11.9 Å². The Balaban J connectivity index is 1.32. The molecule has 0 spiro atoms. The third kappa shape index (κ3) is 5.84. The van der Waals surface area contributed by atoms with Gasteiger partial charge in [0.05, 0.1) is 0 Å². The number of rotatable bonds is 7. The molecule has 1 aliphatic rings. The van der Waals surface area contributed by atoms with Crippen LogP contribution in [0.25, 0.3) is 0 Å². The molecule has 1 N–H and O–H groups in total. The maximum Gasteiger partial charge on any atom is 0.410 e. The van der Waals surface area contributed by atoms with E-state index < -0.39 is 12.1 Å². The van der Waals surface area contributed by atoms with E-state index in [9.17, 15) is 14.4 Å². The fourth-order valence-corrected chi connectivity index (χ4v) is 4.60. The van der Waals surface area contributed by atoms with Crippen molar-refractivity contribution in [3.8, 4) is 0 Å². The largest absolute Gasteiger partial charge is 0.445 e. The minimum atomic E-state index is -0.570. The number of anilines is 1. The molecule has 2 heterocycles. The first-order valence-electron chi connectivity index (χ1n) is 10.8. The summed E-state index contributed by atoms with van der Waals surface area (Å²) in [5.74, 6) is -0.217. The molecule has 4 rings (SSSR count). The van der Waals surface area contributed by atoms with Crippen LogP contribution in [0.5, 0.6) is 0 Å². The van der Waals surface area contributed by atoms with Gasteiger partial charge in [0.25, 0.3) is 0 Å². The molecule has 0 radical (unpaired) electrons. The molecule has 0 unspecified atom stereocenters. The molecule has 7 nitrogen and oxygen atoms in total. The van der Waals surface area contributed by atoms with E-state index >= 15 is 0 Å². The Morgan fingerprint density at radius 2 is 1.85 bits per heavy atom. The van der Waals surface area contributed by atoms with Crippen LogP contribution in [-0.2, 0) is 22.6 Å². The molecule has 0 saturated carbocycles. The lowest BCUT2D eigenvalue weighted by Gasteiger charge is -2.22. The monoisotopic (exact) mass is 463 g/mol. The highest BCUT2D eigenvalue weighted by Gasteiger charge is 2.35. The van der Waals surface area contributed by atoms with Gasteiger partial charge in [-0.3, -0.25) is 14.5 Å². The maximum absolute atomic E-state index is 12.8. The normalized spacial score (nSPS) is 15.3. The predicted molar refractivity (Wildman–Crippen MR) is 126 cm³/mol. The first kappa shape index (κ1) is 22.7. The number of likely N-dealkylation sites (tertiary alicyclic amines) is 1. The Labute approximate surface area is 196 Å². The summed E-state index contributed by atoms with van der Waals surface area (Å²) < 4.78 is 5.41. The quantitative estimate of drug-likeness (QED) is 0.514. The topological polar surface area (TPSA) is 88.6 Å². The molecule has 2 amide bonds. The zero-order valence-corrected chi connectivity index (χ0v) is 19.1. The molecule has 1 saturated heterocycles. The van der Waals surface area contributed by atoms with Crippen molar-refractivity contribution in [3.05, 3.63) is 82.4 Å². The van der Waals surface area contributed by atoms with Gasteiger partial charge in [0.15, 0.2) is 10.9 Å². The molecular formula is C25H25N3O4S. The number of aromatic nitrogens is 1. The van der Waals surface area contributed by atoms with E-state index in [1.807, 2.05) is 54.6 Å². The number of ether oxygens (including phenoxy) is 1. The fraction of sp³-hybridized carbons (Fsp3) is 0.280. The summed E-state index contributed by atoms with van der Waals surface area (Å²) in [4.78, 5) is 43.6. The summed E-state index contributed by atoms with van der Waals surface area (Å²) in [6.07, 6.45) is 3.25. The summed E-state index contributed by atoms with van der Waals surface area (Å²) in [7, 11) is 0. The lowest BCUT2D eigenvalue weighted by molar-refractivity contribution is -0.120. The van der Waals surface area contributed by atoms with Gasteiger partial charge < -0.3 is 10.1 Å². The van der Waals surface area contributed by atoms with Crippen molar-refractivity contribution in [1.29, 1.82) is 0 Å². The van der Waals surface area contributed by atoms with Gasteiger partial charge in [-0.2, -0.15) is 0 Å². The van der Waals surface area contributed by atoms with Crippen LogP contribution >= 0.6 is 11.3 Å². The maximum atomic E-state index is 12.8. The smallest absolute Gasteiger partial charge is 0.410 e. The molecule has 3 aromatic rings. The van der Waals surface area contributed by atoms with Gasteiger partial charge in [-0.05, 0) is 30.9 Å². The number of nitrogens with one attached hydrogen (secondary N) is 1. The molecule has 1 aliphatic heterocycles. The zero-order chi connectivity index (χ0) is 23.2. The van der Waals surface area contributed by atoms with Gasteiger partial charge >= 0.3 is 6.09 Å². The number of Topliss-reactive ketones (excluding diaryl/α,β-unsaturated/α-hetero) is 1. The number of carbonyl (C=O) groups is 3. The second kappa shape index (κ2) is 10.4. The van der Waals surface area contributed by atoms with Crippen molar-refractivity contribution in [1.82, 2.24) is 9.88 Å². The first-order valence-corrected chi connectivity index (χ1v) is 11.6. The van der Waals surface area contributed by atoms with Gasteiger partial charge in [0.2, 0.25) is 5.91 Å². The van der Waals surface area contributed by atoms with E-state index in [2.05, 4.69) is 10.3 Å². The Hall–Kier alpha value is -3.52. The Morgan fingerprint density at radius 3 is 2.58 bits per heavy atom. The van der Waals surface area contributed by atoms with Gasteiger partial charge in [0.1, 0.15) is 12.6 Å². The zero-order valence-electron chi connectivity index (χ0n) is 18.3. The molecule has 0 aliphatic carbocycles. The summed E-state index contributed by atoms with van der Waals surface area (Å²) in [6, 6.07) is 16.4. The van der Waals surface area contributed by atoms with Crippen LogP contribution in [0.4, 0.5) is 9.93 Å². The lowest BCUT2D eigenvalue weighted by Crippen LogP contribution is -2.43. The average molecular weight is 464 g/mol. The molecule has 1 fully saturated rings. The fourth-order valence-electron chi connectivity index (χ4n) is 3.75. The SMILES string of the molecule is CC(=O)c1ccc(Cc2cnc(NC(=O)[C@@H]3CCCN3C(=O)OCc3ccccc3)s2)cc1. The van der Waals surface area contributed by atoms with Crippen molar-refractivity contribution < 1.29 is 19.1 Å². The van der Waals surface area contributed by atoms with Gasteiger partial charge in [-0.15, -0.1) is 11.3 Å². The third-order valence-electron chi connectivity index (χ3n) is 5.52. The summed E-state index contributed by atoms with van der Waals surface area (Å²) in [6.45, 7) is 2.21. The number of hydrogen-bond acceptors (Lipinski definition) is 6. The van der Waals surface area contributed by atoms with Gasteiger partial charge in [-0.1, -0.05) is 54.6 Å². The van der Waals surface area contributed by atoms with Gasteiger partial charge in [-0.25, -0.2) is 9.78 Å². The van der Waals surface area contributed by atoms with E-state index in [4.69, 9.17) is 4.74 Å². The number of amides is 2. The Kier molecular flexibility index (Phi) is 7.14. The van der Waals surface area contributed by atoms with Crippen molar-refractivity contribution in [2.24, 2.45) is 0 Å². The van der Waals surface area contributed by atoms with Crippen LogP contribution in [0, 0.1) is 0 Å². The minimum Gasteiger partial charge on any atom is -0.445 e. The second-order valence-corrected chi connectivity index (χ2v) is 9.06. The van der Waals surface area contributed by atoms with Crippen molar-refractivity contribution >= 4 is 34.3 Å². The molecule has 0 bridgehead atoms. The van der Waals surface area contributed by atoms with Crippen LogP contribution in [0.2, 0.25) is 0 Å². The van der Waals surface area contributed by atoms with Crippen LogP contribution in [0.15, 0.2) is 60.8 Å². The molecular weight excluding hydrogens is 438 g/mol. The number of ketones is 1. The van der Waals surface area contributed by atoms with E-state index in [0.29, 0.717) is 30.1 Å². The molecule has 2 aromatic carbocycles. The molecule has 8 heteroatoms. The van der Waals surface area contributed by atoms with E-state index in [-0.39, 0.29) is 18.3 Å². The highest BCUT2D eigenvalue weighted by Crippen LogP contribution is 2.24. The van der Waals surface area contributed by atoms with Crippen LogP contribution in [0.3, 0.4) is 0 Å². The summed E-state index contributed by atoms with van der Waals surface area (Å²) in [5.41, 5.74) is 2.64. The predicted octanol–water partition coefficient (Wildman–Crippen LogP) is 4.68. The number of thiazole rings is 1. The van der Waals surface area contributed by atoms with Crippen LogP contribution in [0.1, 0.15) is 46.1 Å². The van der Waals surface area contributed by atoms with Crippen molar-refractivity contribution in [3.63, 3.8) is 0 Å². The highest BCUT2D eigenvalue weighted by molar-refractivity contribution is 7.15. The standard InChI is InChI=1S/C25H25N3O4S/c1-17(29)20-11-9-18(10-12-20)14-21-15-26-24(33-21)27-23(30)22-8-5-13-28(22)25(31)32-16-19-6-3-2-4-7-19/h2-4,6-7,9-12,15,22H,5,8,13-14,16H2,1H3,(H,26,27,30)/t22-/m0/s1. The number of nitrogens with zero attached hydrogens (tertiary/aromatic N) is 2. The van der Waals surface area contributed by atoms with Crippen molar-refractivity contribution in [2.45, 2.75) is 38.8 Å². The average Bonchev–Trinajstić information content (AvgIpc) is 3.48. The minimum absolute atomic E-state index is 0.0363.